The summed E-state index contributed by atoms with van der Waals surface area (Å²) in [5, 5.41) is 12.4. The van der Waals surface area contributed by atoms with Crippen molar-refractivity contribution < 1.29 is 35.9 Å². The van der Waals surface area contributed by atoms with Crippen LogP contribution in [-0.4, -0.2) is 42.9 Å². The topological polar surface area (TPSA) is 86.7 Å². The number of hydrogen-bond acceptors (Lipinski definition) is 4. The SMILES string of the molecule is CC1CCCN(S(=O)(=O)c2cc(C(=O)Nc3cc(F)c(F)c(F)c3)ccc2CF)CC1O. The maximum Gasteiger partial charge on any atom is 0.255 e. The highest BCUT2D eigenvalue weighted by Gasteiger charge is 2.33. The van der Waals surface area contributed by atoms with Gasteiger partial charge in [0, 0.05) is 42.0 Å². The summed E-state index contributed by atoms with van der Waals surface area (Å²) in [6.07, 6.45) is 0.233. The molecule has 0 spiro atoms. The van der Waals surface area contributed by atoms with Crippen molar-refractivity contribution in [2.45, 2.75) is 37.4 Å². The van der Waals surface area contributed by atoms with Crippen LogP contribution in [0.1, 0.15) is 35.7 Å². The maximum atomic E-state index is 13.6. The smallest absolute Gasteiger partial charge is 0.255 e. The third-order valence-electron chi connectivity index (χ3n) is 5.45. The van der Waals surface area contributed by atoms with Gasteiger partial charge in [-0.15, -0.1) is 0 Å². The molecule has 2 atom stereocenters. The van der Waals surface area contributed by atoms with Crippen molar-refractivity contribution in [3.8, 4) is 0 Å². The van der Waals surface area contributed by atoms with Crippen LogP contribution < -0.4 is 5.32 Å². The molecule has 0 radical (unpaired) electrons. The van der Waals surface area contributed by atoms with Crippen molar-refractivity contribution in [1.82, 2.24) is 4.31 Å². The molecule has 1 aliphatic heterocycles. The van der Waals surface area contributed by atoms with Gasteiger partial charge in [0.05, 0.1) is 11.0 Å². The molecule has 32 heavy (non-hydrogen) atoms. The van der Waals surface area contributed by atoms with E-state index in [1.807, 2.05) is 0 Å². The van der Waals surface area contributed by atoms with Gasteiger partial charge in [-0.3, -0.25) is 4.79 Å². The van der Waals surface area contributed by atoms with Crippen LogP contribution in [0.4, 0.5) is 23.2 Å². The van der Waals surface area contributed by atoms with Crippen molar-refractivity contribution in [3.63, 3.8) is 0 Å². The zero-order chi connectivity index (χ0) is 23.6. The number of sulfonamides is 1. The van der Waals surface area contributed by atoms with E-state index < -0.39 is 51.1 Å². The number of anilines is 1. The minimum atomic E-state index is -4.25. The predicted octanol–water partition coefficient (Wildman–Crippen LogP) is 3.61. The van der Waals surface area contributed by atoms with Gasteiger partial charge < -0.3 is 10.4 Å². The molecule has 0 aliphatic carbocycles. The summed E-state index contributed by atoms with van der Waals surface area (Å²) in [4.78, 5) is 12.1. The molecule has 1 aliphatic rings. The minimum Gasteiger partial charge on any atom is -0.391 e. The molecule has 1 fully saturated rings. The molecule has 2 unspecified atom stereocenters. The molecule has 2 N–H and O–H groups in total. The van der Waals surface area contributed by atoms with E-state index in [4.69, 9.17) is 0 Å². The Bertz CT molecular complexity index is 1100. The van der Waals surface area contributed by atoms with Crippen molar-refractivity contribution >= 4 is 21.6 Å². The van der Waals surface area contributed by atoms with Crippen molar-refractivity contribution in [1.29, 1.82) is 0 Å². The Balaban J connectivity index is 1.93. The summed E-state index contributed by atoms with van der Waals surface area (Å²) in [7, 11) is -4.25. The van der Waals surface area contributed by atoms with Crippen LogP contribution in [0.2, 0.25) is 0 Å². The number of carbonyl (C=O) groups excluding carboxylic acids is 1. The average Bonchev–Trinajstić information content (AvgIpc) is 2.92. The fraction of sp³-hybridized carbons (Fsp3) is 0.381. The zero-order valence-electron chi connectivity index (χ0n) is 17.1. The van der Waals surface area contributed by atoms with Crippen molar-refractivity contribution in [2.24, 2.45) is 5.92 Å². The lowest BCUT2D eigenvalue weighted by Gasteiger charge is -2.24. The Kier molecular flexibility index (Phi) is 7.21. The molecule has 174 valence electrons. The van der Waals surface area contributed by atoms with Crippen LogP contribution in [0.3, 0.4) is 0 Å². The van der Waals surface area contributed by atoms with E-state index in [0.29, 0.717) is 25.0 Å². The second-order valence-corrected chi connectivity index (χ2v) is 9.62. The Hall–Kier alpha value is -2.50. The molecule has 1 heterocycles. The lowest BCUT2D eigenvalue weighted by Crippen LogP contribution is -2.38. The highest BCUT2D eigenvalue weighted by atomic mass is 32.2. The largest absolute Gasteiger partial charge is 0.391 e. The lowest BCUT2D eigenvalue weighted by molar-refractivity contribution is 0.102. The molecule has 3 rings (SSSR count). The van der Waals surface area contributed by atoms with E-state index in [0.717, 1.165) is 16.4 Å². The van der Waals surface area contributed by atoms with Gasteiger partial charge in [0.25, 0.3) is 5.91 Å². The minimum absolute atomic E-state index is 0.107. The Morgan fingerprint density at radius 2 is 1.84 bits per heavy atom. The third-order valence-corrected chi connectivity index (χ3v) is 7.39. The third kappa shape index (κ3) is 4.94. The number of alkyl halides is 1. The summed E-state index contributed by atoms with van der Waals surface area (Å²) < 4.78 is 80.9. The van der Waals surface area contributed by atoms with Crippen molar-refractivity contribution in [3.05, 3.63) is 58.9 Å². The van der Waals surface area contributed by atoms with E-state index >= 15 is 0 Å². The second-order valence-electron chi connectivity index (χ2n) is 7.71. The van der Waals surface area contributed by atoms with Gasteiger partial charge in [0.1, 0.15) is 6.67 Å². The molecule has 11 heteroatoms. The fourth-order valence-electron chi connectivity index (χ4n) is 3.50. The number of hydrogen-bond donors (Lipinski definition) is 2. The van der Waals surface area contributed by atoms with Gasteiger partial charge in [-0.2, -0.15) is 4.31 Å². The summed E-state index contributed by atoms with van der Waals surface area (Å²) >= 11 is 0. The van der Waals surface area contributed by atoms with E-state index in [1.165, 1.54) is 6.07 Å². The number of aliphatic hydroxyl groups excluding tert-OH is 1. The van der Waals surface area contributed by atoms with E-state index in [1.54, 1.807) is 6.92 Å². The predicted molar refractivity (Wildman–Crippen MR) is 109 cm³/mol. The first-order valence-electron chi connectivity index (χ1n) is 9.87. The fourth-order valence-corrected chi connectivity index (χ4v) is 5.22. The zero-order valence-corrected chi connectivity index (χ0v) is 17.9. The second kappa shape index (κ2) is 9.55. The van der Waals surface area contributed by atoms with Crippen LogP contribution in [0.25, 0.3) is 0 Å². The van der Waals surface area contributed by atoms with Crippen LogP contribution in [0, 0.1) is 23.4 Å². The van der Waals surface area contributed by atoms with Crippen molar-refractivity contribution in [2.75, 3.05) is 18.4 Å². The number of amides is 1. The molecule has 2 aromatic carbocycles. The first kappa shape index (κ1) is 24.1. The van der Waals surface area contributed by atoms with Gasteiger partial charge in [0.2, 0.25) is 10.0 Å². The van der Waals surface area contributed by atoms with Crippen LogP contribution >= 0.6 is 0 Å². The summed E-state index contributed by atoms with van der Waals surface area (Å²) in [6, 6.07) is 4.41. The Morgan fingerprint density at radius 3 is 2.47 bits per heavy atom. The number of rotatable bonds is 5. The quantitative estimate of drug-likeness (QED) is 0.512. The normalized spacial score (nSPS) is 20.1. The standard InChI is InChI=1S/C21H22F4N2O4S/c1-12-3-2-6-27(11-18(12)28)32(30,31)19-7-13(4-5-14(19)10-22)21(29)26-15-8-16(23)20(25)17(24)9-15/h4-5,7-9,12,18,28H,2-3,6,10-11H2,1H3,(H,26,29). The van der Waals surface area contributed by atoms with Gasteiger partial charge in [-0.25, -0.2) is 26.0 Å². The summed E-state index contributed by atoms with van der Waals surface area (Å²) in [5.41, 5.74) is -0.767. The number of aliphatic hydroxyl groups is 1. The first-order valence-corrected chi connectivity index (χ1v) is 11.3. The van der Waals surface area contributed by atoms with Gasteiger partial charge >= 0.3 is 0 Å². The molecule has 1 amide bonds. The van der Waals surface area contributed by atoms with E-state index in [9.17, 15) is 35.9 Å². The molecular formula is C21H22F4N2O4S. The molecule has 6 nitrogen and oxygen atoms in total. The molecular weight excluding hydrogens is 452 g/mol. The summed E-state index contributed by atoms with van der Waals surface area (Å²) in [5.74, 6) is -5.75. The molecule has 0 aromatic heterocycles. The number of benzene rings is 2. The van der Waals surface area contributed by atoms with Crippen LogP contribution in [0.5, 0.6) is 0 Å². The maximum absolute atomic E-state index is 13.6. The number of nitrogens with one attached hydrogen (secondary N) is 1. The average molecular weight is 474 g/mol. The number of carbonyl (C=O) groups is 1. The Labute approximate surface area is 182 Å². The number of β-amino-alcohol motifs (C(OH)–C–C–N with tert-alkyl or cyclic N) is 1. The lowest BCUT2D eigenvalue weighted by atomic mass is 10.0. The summed E-state index contributed by atoms with van der Waals surface area (Å²) in [6.45, 7) is 0.650. The molecule has 2 aromatic rings. The molecule has 0 saturated carbocycles. The number of halogens is 4. The molecule has 1 saturated heterocycles. The van der Waals surface area contributed by atoms with E-state index in [2.05, 4.69) is 5.32 Å². The monoisotopic (exact) mass is 474 g/mol. The van der Waals surface area contributed by atoms with Crippen LogP contribution in [0.15, 0.2) is 35.2 Å². The highest BCUT2D eigenvalue weighted by Crippen LogP contribution is 2.27. The Morgan fingerprint density at radius 1 is 1.19 bits per heavy atom. The van der Waals surface area contributed by atoms with Gasteiger partial charge in [-0.05, 0) is 30.9 Å². The molecule has 0 bridgehead atoms. The first-order chi connectivity index (χ1) is 15.0. The van der Waals surface area contributed by atoms with Gasteiger partial charge in [-0.1, -0.05) is 13.0 Å². The van der Waals surface area contributed by atoms with Gasteiger partial charge in [0.15, 0.2) is 17.5 Å². The van der Waals surface area contributed by atoms with Crippen LogP contribution in [-0.2, 0) is 16.7 Å². The van der Waals surface area contributed by atoms with E-state index in [-0.39, 0.29) is 35.8 Å². The highest BCUT2D eigenvalue weighted by molar-refractivity contribution is 7.89. The number of nitrogens with zero attached hydrogens (tertiary/aromatic N) is 1.